The molecule has 2 fully saturated rings. The molecule has 0 radical (unpaired) electrons. The summed E-state index contributed by atoms with van der Waals surface area (Å²) in [5.41, 5.74) is 4.38. The fraction of sp³-hybridized carbons (Fsp3) is 0.400. The van der Waals surface area contributed by atoms with Crippen molar-refractivity contribution in [2.24, 2.45) is 0 Å². The fourth-order valence-electron chi connectivity index (χ4n) is 5.92. The van der Waals surface area contributed by atoms with Crippen LogP contribution in [0.5, 0.6) is 0 Å². The first-order valence-electron chi connectivity index (χ1n) is 14.3. The van der Waals surface area contributed by atoms with Gasteiger partial charge in [0.25, 0.3) is 0 Å². The van der Waals surface area contributed by atoms with Gasteiger partial charge < -0.3 is 26.6 Å². The van der Waals surface area contributed by atoms with Gasteiger partial charge in [0.05, 0.1) is 35.1 Å². The van der Waals surface area contributed by atoms with Gasteiger partial charge in [-0.05, 0) is 73.6 Å². The number of carbonyl (C=O) groups is 3. The summed E-state index contributed by atoms with van der Waals surface area (Å²) in [7, 11) is 0. The number of nitrogens with one attached hydrogen (secondary N) is 5. The Bertz CT molecular complexity index is 1560. The Labute approximate surface area is 247 Å². The van der Waals surface area contributed by atoms with Crippen LogP contribution in [0.2, 0.25) is 0 Å². The molecule has 2 aromatic carbocycles. The third-order valence-electron chi connectivity index (χ3n) is 7.97. The number of benzene rings is 2. The zero-order valence-electron chi connectivity index (χ0n) is 23.0. The van der Waals surface area contributed by atoms with E-state index in [1.165, 1.54) is 11.9 Å². The van der Waals surface area contributed by atoms with Gasteiger partial charge in [-0.3, -0.25) is 9.59 Å². The first-order chi connectivity index (χ1) is 20.4. The molecule has 12 heteroatoms. The maximum absolute atomic E-state index is 12.5. The molecule has 2 aliphatic heterocycles. The number of unbranched alkanes of at least 4 members (excludes halogenated alkanes) is 1. The van der Waals surface area contributed by atoms with Gasteiger partial charge in [0.1, 0.15) is 12.1 Å². The monoisotopic (exact) mass is 584 g/mol. The molecular weight excluding hydrogens is 552 g/mol. The fourth-order valence-corrected chi connectivity index (χ4v) is 7.50. The number of carbonyl (C=O) groups excluding carboxylic acids is 3. The van der Waals surface area contributed by atoms with Crippen molar-refractivity contribution in [3.05, 3.63) is 59.4 Å². The summed E-state index contributed by atoms with van der Waals surface area (Å²) < 4.78 is 0. The number of amides is 4. The van der Waals surface area contributed by atoms with Crippen molar-refractivity contribution < 1.29 is 14.4 Å². The standard InChI is InChI=1S/C30H32N8O3S/c31-14-17-5-8-24-23(9-17)28(34-16-33-24)36-21-10-18-6-7-20(11-19(18)12-21)35-27(40)15-32-26(39)4-2-1-3-22-13-25-29(42-22)38-30(41)37-25/h5-9,11,16,21-22,25,29H,1-4,10,12-13,15H2,(H,32,39)(H,35,40)(H,33,34,36)(H2,37,38,41). The Hall–Kier alpha value is -4.37. The van der Waals surface area contributed by atoms with Gasteiger partial charge >= 0.3 is 6.03 Å². The maximum Gasteiger partial charge on any atom is 0.316 e. The predicted octanol–water partition coefficient (Wildman–Crippen LogP) is 3.21. The SMILES string of the molecule is N#Cc1ccc2ncnc(NC3Cc4ccc(NC(=O)CNC(=O)CCCCC5CC6NC(=O)NC6S5)cc4C3)c2c1. The normalized spacial score (nSPS) is 22.0. The Morgan fingerprint density at radius 2 is 1.93 bits per heavy atom. The lowest BCUT2D eigenvalue weighted by Gasteiger charge is -2.14. The zero-order valence-corrected chi connectivity index (χ0v) is 23.8. The molecule has 0 saturated carbocycles. The third-order valence-corrected chi connectivity index (χ3v) is 9.52. The van der Waals surface area contributed by atoms with Gasteiger partial charge in [0.2, 0.25) is 11.8 Å². The number of urea groups is 1. The minimum absolute atomic E-state index is 0.0707. The van der Waals surface area contributed by atoms with Crippen LogP contribution in [0.15, 0.2) is 42.7 Å². The summed E-state index contributed by atoms with van der Waals surface area (Å²) in [6.07, 6.45) is 7.17. The zero-order chi connectivity index (χ0) is 29.1. The molecule has 5 N–H and O–H groups in total. The van der Waals surface area contributed by atoms with Crippen LogP contribution in [0.4, 0.5) is 16.3 Å². The molecule has 0 spiro atoms. The number of rotatable bonds is 10. The Morgan fingerprint density at radius 1 is 1.05 bits per heavy atom. The lowest BCUT2D eigenvalue weighted by Crippen LogP contribution is -2.32. The molecule has 2 saturated heterocycles. The number of hydrogen-bond donors (Lipinski definition) is 5. The Kier molecular flexibility index (Phi) is 8.10. The third kappa shape index (κ3) is 6.41. The number of aromatic nitrogens is 2. The highest BCUT2D eigenvalue weighted by molar-refractivity contribution is 8.00. The van der Waals surface area contributed by atoms with Crippen molar-refractivity contribution in [2.75, 3.05) is 17.2 Å². The summed E-state index contributed by atoms with van der Waals surface area (Å²) in [5, 5.41) is 25.7. The van der Waals surface area contributed by atoms with E-state index in [9.17, 15) is 19.6 Å². The first-order valence-corrected chi connectivity index (χ1v) is 15.2. The number of hydrogen-bond acceptors (Lipinski definition) is 8. The number of nitriles is 1. The predicted molar refractivity (Wildman–Crippen MR) is 161 cm³/mol. The summed E-state index contributed by atoms with van der Waals surface area (Å²) in [4.78, 5) is 44.8. The van der Waals surface area contributed by atoms with E-state index in [1.54, 1.807) is 23.9 Å². The van der Waals surface area contributed by atoms with Crippen molar-refractivity contribution in [1.82, 2.24) is 25.9 Å². The molecule has 4 atom stereocenters. The molecule has 3 aromatic rings. The minimum Gasteiger partial charge on any atom is -0.366 e. The number of fused-ring (bicyclic) bond motifs is 3. The van der Waals surface area contributed by atoms with Crippen LogP contribution >= 0.6 is 11.8 Å². The summed E-state index contributed by atoms with van der Waals surface area (Å²) in [5.74, 6) is 0.309. The van der Waals surface area contributed by atoms with Crippen LogP contribution in [0.25, 0.3) is 10.9 Å². The molecule has 3 aliphatic rings. The number of nitrogens with zero attached hydrogens (tertiary/aromatic N) is 3. The van der Waals surface area contributed by atoms with Crippen LogP contribution in [0.3, 0.4) is 0 Å². The summed E-state index contributed by atoms with van der Waals surface area (Å²) >= 11 is 1.80. The van der Waals surface area contributed by atoms with E-state index in [-0.39, 0.29) is 41.8 Å². The minimum atomic E-state index is -0.264. The van der Waals surface area contributed by atoms with Gasteiger partial charge in [0.15, 0.2) is 0 Å². The molecule has 4 amide bonds. The van der Waals surface area contributed by atoms with Crippen molar-refractivity contribution in [3.8, 4) is 6.07 Å². The maximum atomic E-state index is 12.5. The second-order valence-corrected chi connectivity index (χ2v) is 12.5. The molecule has 42 heavy (non-hydrogen) atoms. The largest absolute Gasteiger partial charge is 0.366 e. The number of anilines is 2. The van der Waals surface area contributed by atoms with E-state index in [2.05, 4.69) is 42.6 Å². The van der Waals surface area contributed by atoms with Crippen molar-refractivity contribution in [3.63, 3.8) is 0 Å². The van der Waals surface area contributed by atoms with E-state index in [0.29, 0.717) is 28.7 Å². The van der Waals surface area contributed by atoms with E-state index in [4.69, 9.17) is 0 Å². The van der Waals surface area contributed by atoms with E-state index in [1.807, 2.05) is 24.3 Å². The highest BCUT2D eigenvalue weighted by atomic mass is 32.2. The van der Waals surface area contributed by atoms with Crippen molar-refractivity contribution in [2.45, 2.75) is 67.7 Å². The lowest BCUT2D eigenvalue weighted by atomic mass is 10.1. The van der Waals surface area contributed by atoms with Gasteiger partial charge in [-0.2, -0.15) is 5.26 Å². The molecule has 3 heterocycles. The van der Waals surface area contributed by atoms with Crippen LogP contribution in [0.1, 0.15) is 48.8 Å². The summed E-state index contributed by atoms with van der Waals surface area (Å²) in [6, 6.07) is 13.7. The average molecular weight is 585 g/mol. The molecule has 6 rings (SSSR count). The van der Waals surface area contributed by atoms with Gasteiger partial charge in [-0.1, -0.05) is 12.5 Å². The highest BCUT2D eigenvalue weighted by Gasteiger charge is 2.40. The van der Waals surface area contributed by atoms with Crippen LogP contribution in [-0.2, 0) is 22.4 Å². The van der Waals surface area contributed by atoms with Gasteiger partial charge in [-0.15, -0.1) is 11.8 Å². The molecule has 4 unspecified atom stereocenters. The van der Waals surface area contributed by atoms with Crippen molar-refractivity contribution in [1.29, 1.82) is 5.26 Å². The van der Waals surface area contributed by atoms with Gasteiger partial charge in [0, 0.05) is 28.8 Å². The lowest BCUT2D eigenvalue weighted by molar-refractivity contribution is -0.124. The molecule has 216 valence electrons. The van der Waals surface area contributed by atoms with Crippen LogP contribution in [-0.4, -0.2) is 57.1 Å². The van der Waals surface area contributed by atoms with Crippen molar-refractivity contribution >= 4 is 52.0 Å². The Balaban J connectivity index is 0.922. The second kappa shape index (κ2) is 12.2. The van der Waals surface area contributed by atoms with E-state index in [0.717, 1.165) is 55.0 Å². The first kappa shape index (κ1) is 27.8. The van der Waals surface area contributed by atoms with Gasteiger partial charge in [-0.25, -0.2) is 14.8 Å². The van der Waals surface area contributed by atoms with Crippen LogP contribution in [0, 0.1) is 11.3 Å². The average Bonchev–Trinajstić information content (AvgIpc) is 3.66. The Morgan fingerprint density at radius 3 is 2.79 bits per heavy atom. The number of thioether (sulfide) groups is 1. The molecule has 1 aliphatic carbocycles. The smallest absolute Gasteiger partial charge is 0.316 e. The topological polar surface area (TPSA) is 161 Å². The molecule has 11 nitrogen and oxygen atoms in total. The van der Waals surface area contributed by atoms with E-state index >= 15 is 0 Å². The quantitative estimate of drug-likeness (QED) is 0.227. The second-order valence-electron chi connectivity index (χ2n) is 11.0. The molecule has 0 bridgehead atoms. The summed E-state index contributed by atoms with van der Waals surface area (Å²) in [6.45, 7) is -0.0707. The molecule has 1 aromatic heterocycles. The van der Waals surface area contributed by atoms with Crippen LogP contribution < -0.4 is 26.6 Å². The molecular formula is C30H32N8O3S. The highest BCUT2D eigenvalue weighted by Crippen LogP contribution is 2.37. The van der Waals surface area contributed by atoms with E-state index < -0.39 is 0 Å².